The van der Waals surface area contributed by atoms with Crippen molar-refractivity contribution >= 4 is 5.97 Å². The van der Waals surface area contributed by atoms with Crippen LogP contribution in [0.4, 0.5) is 0 Å². The maximum absolute atomic E-state index is 12.3. The summed E-state index contributed by atoms with van der Waals surface area (Å²) >= 11 is 0. The van der Waals surface area contributed by atoms with Crippen molar-refractivity contribution in [1.29, 1.82) is 0 Å². The number of hydrogen-bond acceptors (Lipinski definition) is 4. The molecule has 0 amide bonds. The second-order valence-electron chi connectivity index (χ2n) is 14.9. The number of carboxylic acids is 1. The van der Waals surface area contributed by atoms with Gasteiger partial charge in [0.1, 0.15) is 0 Å². The Morgan fingerprint density at radius 2 is 1.60 bits per heavy atom. The Morgan fingerprint density at radius 3 is 2.23 bits per heavy atom. The summed E-state index contributed by atoms with van der Waals surface area (Å²) in [4.78, 5) is 12.3. The van der Waals surface area contributed by atoms with Gasteiger partial charge in [0.15, 0.2) is 0 Å². The van der Waals surface area contributed by atoms with Gasteiger partial charge in [0.25, 0.3) is 0 Å². The van der Waals surface area contributed by atoms with Gasteiger partial charge in [-0.25, -0.2) is 0 Å². The Kier molecular flexibility index (Phi) is 5.56. The van der Waals surface area contributed by atoms with Crippen molar-refractivity contribution in [3.63, 3.8) is 0 Å². The van der Waals surface area contributed by atoms with Crippen molar-refractivity contribution in [1.82, 2.24) is 0 Å². The van der Waals surface area contributed by atoms with Crippen LogP contribution in [0.15, 0.2) is 11.6 Å². The second kappa shape index (κ2) is 7.57. The molecule has 0 unspecified atom stereocenters. The van der Waals surface area contributed by atoms with Gasteiger partial charge in [-0.1, -0.05) is 46.3 Å². The fourth-order valence-electron chi connectivity index (χ4n) is 10.7. The zero-order valence-electron chi connectivity index (χ0n) is 22.7. The van der Waals surface area contributed by atoms with Gasteiger partial charge in [0, 0.05) is 5.41 Å². The lowest BCUT2D eigenvalue weighted by Crippen LogP contribution is -2.67. The van der Waals surface area contributed by atoms with Crippen molar-refractivity contribution < 1.29 is 25.2 Å². The quantitative estimate of drug-likeness (QED) is 0.402. The van der Waals surface area contributed by atoms with E-state index in [1.165, 1.54) is 5.57 Å². The average Bonchev–Trinajstić information content (AvgIpc) is 2.77. The standard InChI is InChI=1S/C30H48O5/c1-25(2)20-9-12-28(5)21(27(20,4)11-10-22(25)32)8-7-18-19-15-26(3,24(34)35)13-14-30(19,17-31)23(33)16-29(18,28)6/h7,19-23,31-33H,8-17H2,1-6H3,(H,34,35)/t19-,20-,21+,22-,23+,26-,27-,28+,29+,30+/m0/s1. The summed E-state index contributed by atoms with van der Waals surface area (Å²) < 4.78 is 0. The van der Waals surface area contributed by atoms with Gasteiger partial charge in [0.2, 0.25) is 0 Å². The molecule has 0 aromatic rings. The summed E-state index contributed by atoms with van der Waals surface area (Å²) in [6, 6.07) is 0. The number of carbonyl (C=O) groups is 1. The van der Waals surface area contributed by atoms with Crippen LogP contribution in [0, 0.1) is 50.2 Å². The maximum atomic E-state index is 12.3. The number of rotatable bonds is 2. The van der Waals surface area contributed by atoms with Crippen LogP contribution in [0.3, 0.4) is 0 Å². The van der Waals surface area contributed by atoms with E-state index in [0.717, 1.165) is 32.1 Å². The topological polar surface area (TPSA) is 98.0 Å². The fourth-order valence-corrected chi connectivity index (χ4v) is 10.7. The molecule has 5 rings (SSSR count). The van der Waals surface area contributed by atoms with E-state index in [2.05, 4.69) is 40.7 Å². The molecule has 0 radical (unpaired) electrons. The first-order valence-electron chi connectivity index (χ1n) is 14.0. The third-order valence-corrected chi connectivity index (χ3v) is 13.4. The molecule has 5 nitrogen and oxygen atoms in total. The predicted molar refractivity (Wildman–Crippen MR) is 135 cm³/mol. The molecule has 5 aliphatic rings. The molecule has 0 bridgehead atoms. The Labute approximate surface area is 211 Å². The van der Waals surface area contributed by atoms with Gasteiger partial charge in [-0.3, -0.25) is 4.79 Å². The second-order valence-corrected chi connectivity index (χ2v) is 14.9. The third-order valence-electron chi connectivity index (χ3n) is 13.4. The molecular weight excluding hydrogens is 440 g/mol. The Morgan fingerprint density at radius 1 is 0.914 bits per heavy atom. The molecule has 0 aliphatic heterocycles. The normalized spacial score (nSPS) is 55.0. The van der Waals surface area contributed by atoms with Crippen LogP contribution in [0.25, 0.3) is 0 Å². The average molecular weight is 489 g/mol. The summed E-state index contributed by atoms with van der Waals surface area (Å²) in [5, 5.41) is 43.3. The number of aliphatic hydroxyl groups excluding tert-OH is 3. The molecule has 0 heterocycles. The van der Waals surface area contributed by atoms with Crippen LogP contribution in [0.5, 0.6) is 0 Å². The van der Waals surface area contributed by atoms with E-state index >= 15 is 0 Å². The highest BCUT2D eigenvalue weighted by atomic mass is 16.4. The summed E-state index contributed by atoms with van der Waals surface area (Å²) in [5.41, 5.74) is -0.373. The number of aliphatic hydroxyl groups is 3. The number of fused-ring (bicyclic) bond motifs is 7. The highest BCUT2D eigenvalue weighted by molar-refractivity contribution is 5.74. The Hall–Kier alpha value is -0.910. The van der Waals surface area contributed by atoms with Crippen molar-refractivity contribution in [2.75, 3.05) is 6.61 Å². The summed E-state index contributed by atoms with van der Waals surface area (Å²) in [5.74, 6) is 0.0503. The minimum atomic E-state index is -0.826. The molecule has 5 aliphatic carbocycles. The highest BCUT2D eigenvalue weighted by Gasteiger charge is 2.70. The maximum Gasteiger partial charge on any atom is 0.309 e. The Bertz CT molecular complexity index is 941. The van der Waals surface area contributed by atoms with E-state index in [4.69, 9.17) is 0 Å². The molecular formula is C30H48O5. The van der Waals surface area contributed by atoms with Gasteiger partial charge >= 0.3 is 5.97 Å². The van der Waals surface area contributed by atoms with Crippen LogP contribution in [-0.4, -0.2) is 45.2 Å². The van der Waals surface area contributed by atoms with Gasteiger partial charge in [-0.2, -0.15) is 0 Å². The highest BCUT2D eigenvalue weighted by Crippen LogP contribution is 2.75. The van der Waals surface area contributed by atoms with Gasteiger partial charge in [0.05, 0.1) is 24.2 Å². The minimum Gasteiger partial charge on any atom is -0.481 e. The number of aliphatic carboxylic acids is 1. The van der Waals surface area contributed by atoms with Crippen LogP contribution in [-0.2, 0) is 4.79 Å². The molecule has 0 aromatic heterocycles. The van der Waals surface area contributed by atoms with Gasteiger partial charge < -0.3 is 20.4 Å². The van der Waals surface area contributed by atoms with Gasteiger partial charge in [-0.15, -0.1) is 0 Å². The van der Waals surface area contributed by atoms with Crippen LogP contribution in [0.2, 0.25) is 0 Å². The van der Waals surface area contributed by atoms with Crippen molar-refractivity contribution in [3.8, 4) is 0 Å². The molecule has 10 atom stereocenters. The van der Waals surface area contributed by atoms with E-state index in [0.29, 0.717) is 37.5 Å². The van der Waals surface area contributed by atoms with Crippen LogP contribution in [0.1, 0.15) is 99.3 Å². The lowest BCUT2D eigenvalue weighted by molar-refractivity contribution is -0.219. The van der Waals surface area contributed by atoms with Crippen molar-refractivity contribution in [2.24, 2.45) is 50.2 Å². The van der Waals surface area contributed by atoms with Gasteiger partial charge in [-0.05, 0) is 104 Å². The Balaban J connectivity index is 1.61. The molecule has 4 fully saturated rings. The van der Waals surface area contributed by atoms with E-state index in [-0.39, 0.29) is 40.3 Å². The van der Waals surface area contributed by atoms with E-state index in [9.17, 15) is 25.2 Å². The molecule has 198 valence electrons. The smallest absolute Gasteiger partial charge is 0.309 e. The summed E-state index contributed by atoms with van der Waals surface area (Å²) in [6.07, 6.45) is 8.69. The molecule has 0 aromatic carbocycles. The zero-order chi connectivity index (χ0) is 25.8. The van der Waals surface area contributed by atoms with E-state index < -0.39 is 22.9 Å². The van der Waals surface area contributed by atoms with E-state index in [1.807, 2.05) is 6.92 Å². The monoisotopic (exact) mass is 488 g/mol. The molecule has 35 heavy (non-hydrogen) atoms. The first kappa shape index (κ1) is 25.7. The number of hydrogen-bond donors (Lipinski definition) is 4. The summed E-state index contributed by atoms with van der Waals surface area (Å²) in [7, 11) is 0. The fraction of sp³-hybridized carbons (Fsp3) is 0.900. The molecule has 0 saturated heterocycles. The third kappa shape index (κ3) is 3.01. The van der Waals surface area contributed by atoms with Crippen LogP contribution >= 0.6 is 0 Å². The SMILES string of the molecule is CC1(C)[C@@H](O)CC[C@]2(C)[C@H]3CC=C4[C@@H]5C[C@@](C)(C(=O)O)CC[C@]5(CO)[C@H](O)C[C@@]4(C)[C@]3(C)CC[C@@H]12. The largest absolute Gasteiger partial charge is 0.481 e. The molecule has 4 N–H and O–H groups in total. The first-order valence-corrected chi connectivity index (χ1v) is 14.0. The first-order chi connectivity index (χ1) is 16.1. The number of carboxylic acid groups (broad SMARTS) is 1. The van der Waals surface area contributed by atoms with Crippen molar-refractivity contribution in [3.05, 3.63) is 11.6 Å². The lowest BCUT2D eigenvalue weighted by atomic mass is 9.33. The molecule has 0 spiro atoms. The zero-order valence-corrected chi connectivity index (χ0v) is 22.7. The van der Waals surface area contributed by atoms with Crippen LogP contribution < -0.4 is 0 Å². The minimum absolute atomic E-state index is 0.0135. The summed E-state index contributed by atoms with van der Waals surface area (Å²) in [6.45, 7) is 13.5. The predicted octanol–water partition coefficient (Wildman–Crippen LogP) is 5.18. The lowest BCUT2D eigenvalue weighted by Gasteiger charge is -2.72. The molecule has 5 heteroatoms. The molecule has 4 saturated carbocycles. The van der Waals surface area contributed by atoms with Crippen molar-refractivity contribution in [2.45, 2.75) is 112 Å². The number of allylic oxidation sites excluding steroid dienone is 2. The van der Waals surface area contributed by atoms with E-state index in [1.54, 1.807) is 0 Å².